The molecule has 0 spiro atoms. The average Bonchev–Trinajstić information content (AvgIpc) is 2.28. The van der Waals surface area contributed by atoms with Crippen LogP contribution in [0.1, 0.15) is 53.9 Å². The quantitative estimate of drug-likeness (QED) is 0.766. The molecule has 0 heterocycles. The summed E-state index contributed by atoms with van der Waals surface area (Å²) < 4.78 is 0. The third kappa shape index (κ3) is 5.21. The van der Waals surface area contributed by atoms with Crippen LogP contribution in [0.3, 0.4) is 0 Å². The molecule has 1 aliphatic rings. The molecule has 1 N–H and O–H groups in total. The standard InChI is InChI=1S/C15H31NS/c1-6-16-15(10-17-11(2)3)14-8-7-12(4)13(5)9-14/h11-16H,6-10H2,1-5H3. The molecule has 0 aromatic rings. The highest BCUT2D eigenvalue weighted by atomic mass is 32.2. The molecule has 0 saturated heterocycles. The Kier molecular flexibility index (Phi) is 6.94. The fourth-order valence-electron chi connectivity index (χ4n) is 2.87. The Morgan fingerprint density at radius 2 is 1.88 bits per heavy atom. The molecule has 4 unspecified atom stereocenters. The molecule has 102 valence electrons. The zero-order valence-corrected chi connectivity index (χ0v) is 13.1. The van der Waals surface area contributed by atoms with E-state index in [-0.39, 0.29) is 0 Å². The second-order valence-electron chi connectivity index (χ2n) is 6.07. The summed E-state index contributed by atoms with van der Waals surface area (Å²) in [6.45, 7) is 12.8. The molecule has 1 nitrogen and oxygen atoms in total. The molecule has 1 fully saturated rings. The van der Waals surface area contributed by atoms with Gasteiger partial charge in [-0.1, -0.05) is 41.0 Å². The lowest BCUT2D eigenvalue weighted by Gasteiger charge is -2.37. The van der Waals surface area contributed by atoms with Gasteiger partial charge in [0.05, 0.1) is 0 Å². The van der Waals surface area contributed by atoms with Crippen LogP contribution < -0.4 is 5.32 Å². The minimum atomic E-state index is 0.738. The van der Waals surface area contributed by atoms with Crippen molar-refractivity contribution >= 4 is 11.8 Å². The van der Waals surface area contributed by atoms with Gasteiger partial charge in [-0.05, 0) is 42.4 Å². The highest BCUT2D eigenvalue weighted by molar-refractivity contribution is 7.99. The predicted molar refractivity (Wildman–Crippen MR) is 80.7 cm³/mol. The van der Waals surface area contributed by atoms with Crippen molar-refractivity contribution in [3.05, 3.63) is 0 Å². The monoisotopic (exact) mass is 257 g/mol. The Morgan fingerprint density at radius 1 is 1.18 bits per heavy atom. The molecule has 0 bridgehead atoms. The molecule has 0 amide bonds. The van der Waals surface area contributed by atoms with Gasteiger partial charge in [-0.25, -0.2) is 0 Å². The third-order valence-electron chi connectivity index (χ3n) is 4.28. The van der Waals surface area contributed by atoms with E-state index < -0.39 is 0 Å². The van der Waals surface area contributed by atoms with Crippen LogP contribution in [0.2, 0.25) is 0 Å². The molecule has 4 atom stereocenters. The van der Waals surface area contributed by atoms with E-state index in [4.69, 9.17) is 0 Å². The first-order valence-corrected chi connectivity index (χ1v) is 8.44. The summed E-state index contributed by atoms with van der Waals surface area (Å²) in [7, 11) is 0. The zero-order chi connectivity index (χ0) is 12.8. The Labute approximate surface area is 113 Å². The number of hydrogen-bond donors (Lipinski definition) is 1. The van der Waals surface area contributed by atoms with Gasteiger partial charge in [-0.3, -0.25) is 0 Å². The van der Waals surface area contributed by atoms with E-state index >= 15 is 0 Å². The summed E-state index contributed by atoms with van der Waals surface area (Å²) in [6, 6.07) is 0.738. The fraction of sp³-hybridized carbons (Fsp3) is 1.00. The van der Waals surface area contributed by atoms with Gasteiger partial charge in [0.2, 0.25) is 0 Å². The van der Waals surface area contributed by atoms with Gasteiger partial charge in [-0.15, -0.1) is 0 Å². The third-order valence-corrected chi connectivity index (χ3v) is 5.50. The maximum Gasteiger partial charge on any atom is 0.0186 e. The van der Waals surface area contributed by atoms with E-state index in [0.29, 0.717) is 0 Å². The highest BCUT2D eigenvalue weighted by Crippen LogP contribution is 2.35. The summed E-state index contributed by atoms with van der Waals surface area (Å²) >= 11 is 2.11. The van der Waals surface area contributed by atoms with Gasteiger partial charge in [0.15, 0.2) is 0 Å². The Hall–Kier alpha value is 0.310. The van der Waals surface area contributed by atoms with Crippen molar-refractivity contribution in [1.82, 2.24) is 5.32 Å². The Balaban J connectivity index is 2.45. The minimum absolute atomic E-state index is 0.738. The Bertz CT molecular complexity index is 205. The van der Waals surface area contributed by atoms with E-state index in [1.54, 1.807) is 0 Å². The van der Waals surface area contributed by atoms with Gasteiger partial charge < -0.3 is 5.32 Å². The molecule has 0 aromatic carbocycles. The van der Waals surface area contributed by atoms with Crippen LogP contribution in [0.15, 0.2) is 0 Å². The molecule has 2 heteroatoms. The van der Waals surface area contributed by atoms with Gasteiger partial charge in [0.25, 0.3) is 0 Å². The van der Waals surface area contributed by atoms with Crippen LogP contribution >= 0.6 is 11.8 Å². The van der Waals surface area contributed by atoms with Gasteiger partial charge >= 0.3 is 0 Å². The van der Waals surface area contributed by atoms with Crippen LogP contribution in [-0.2, 0) is 0 Å². The lowest BCUT2D eigenvalue weighted by Crippen LogP contribution is -2.41. The molecule has 1 rings (SSSR count). The van der Waals surface area contributed by atoms with Crippen molar-refractivity contribution < 1.29 is 0 Å². The topological polar surface area (TPSA) is 12.0 Å². The van der Waals surface area contributed by atoms with Crippen LogP contribution in [0.5, 0.6) is 0 Å². The van der Waals surface area contributed by atoms with Crippen LogP contribution in [0, 0.1) is 17.8 Å². The molecule has 17 heavy (non-hydrogen) atoms. The normalized spacial score (nSPS) is 31.8. The molecule has 0 radical (unpaired) electrons. The van der Waals surface area contributed by atoms with Crippen molar-refractivity contribution in [2.75, 3.05) is 12.3 Å². The molecular weight excluding hydrogens is 226 g/mol. The van der Waals surface area contributed by atoms with Crippen LogP contribution in [0.25, 0.3) is 0 Å². The van der Waals surface area contributed by atoms with E-state index in [1.165, 1.54) is 25.0 Å². The van der Waals surface area contributed by atoms with Gasteiger partial charge in [0, 0.05) is 11.8 Å². The first kappa shape index (κ1) is 15.4. The number of nitrogens with one attached hydrogen (secondary N) is 1. The Morgan fingerprint density at radius 3 is 2.41 bits per heavy atom. The van der Waals surface area contributed by atoms with E-state index in [2.05, 4.69) is 51.7 Å². The van der Waals surface area contributed by atoms with E-state index in [9.17, 15) is 0 Å². The predicted octanol–water partition coefficient (Wildman–Crippen LogP) is 4.18. The first-order valence-electron chi connectivity index (χ1n) is 7.39. The second kappa shape index (κ2) is 7.68. The maximum absolute atomic E-state index is 3.72. The number of thioether (sulfide) groups is 1. The molecular formula is C15H31NS. The van der Waals surface area contributed by atoms with Gasteiger partial charge in [-0.2, -0.15) is 11.8 Å². The zero-order valence-electron chi connectivity index (χ0n) is 12.3. The SMILES string of the molecule is CCNC(CSC(C)C)C1CCC(C)C(C)C1. The fourth-order valence-corrected chi connectivity index (χ4v) is 3.86. The minimum Gasteiger partial charge on any atom is -0.313 e. The summed E-state index contributed by atoms with van der Waals surface area (Å²) in [5, 5.41) is 4.48. The highest BCUT2D eigenvalue weighted by Gasteiger charge is 2.29. The van der Waals surface area contributed by atoms with Gasteiger partial charge in [0.1, 0.15) is 0 Å². The van der Waals surface area contributed by atoms with E-state index in [0.717, 1.165) is 35.6 Å². The second-order valence-corrected chi connectivity index (χ2v) is 7.68. The van der Waals surface area contributed by atoms with Crippen molar-refractivity contribution in [3.63, 3.8) is 0 Å². The summed E-state index contributed by atoms with van der Waals surface area (Å²) in [4.78, 5) is 0. The average molecular weight is 257 g/mol. The summed E-state index contributed by atoms with van der Waals surface area (Å²) in [5.41, 5.74) is 0. The largest absolute Gasteiger partial charge is 0.313 e. The number of rotatable bonds is 6. The summed E-state index contributed by atoms with van der Waals surface area (Å²) in [6.07, 6.45) is 4.29. The molecule has 1 saturated carbocycles. The summed E-state index contributed by atoms with van der Waals surface area (Å²) in [5.74, 6) is 4.05. The lowest BCUT2D eigenvalue weighted by atomic mass is 9.73. The molecule has 0 aliphatic heterocycles. The lowest BCUT2D eigenvalue weighted by molar-refractivity contribution is 0.179. The maximum atomic E-state index is 3.72. The first-order chi connectivity index (χ1) is 8.04. The smallest absolute Gasteiger partial charge is 0.0186 e. The number of hydrogen-bond acceptors (Lipinski definition) is 2. The molecule has 1 aliphatic carbocycles. The molecule has 0 aromatic heterocycles. The van der Waals surface area contributed by atoms with Crippen molar-refractivity contribution in [2.45, 2.75) is 65.2 Å². The van der Waals surface area contributed by atoms with Crippen molar-refractivity contribution in [2.24, 2.45) is 17.8 Å². The van der Waals surface area contributed by atoms with Crippen LogP contribution in [-0.4, -0.2) is 23.6 Å². The van der Waals surface area contributed by atoms with Crippen molar-refractivity contribution in [1.29, 1.82) is 0 Å². The van der Waals surface area contributed by atoms with Crippen molar-refractivity contribution in [3.8, 4) is 0 Å². The van der Waals surface area contributed by atoms with E-state index in [1.807, 2.05) is 0 Å². The van der Waals surface area contributed by atoms with Crippen LogP contribution in [0.4, 0.5) is 0 Å².